The van der Waals surface area contributed by atoms with Crippen molar-refractivity contribution >= 4 is 11.8 Å². The molecule has 148 valence electrons. The summed E-state index contributed by atoms with van der Waals surface area (Å²) in [6.07, 6.45) is 0.466. The predicted molar refractivity (Wildman–Crippen MR) is 115 cm³/mol. The molecule has 1 N–H and O–H groups in total. The molecule has 0 aliphatic heterocycles. The standard InChI is InChI=1S/C25H26N2O2/c1-20(28)27(19-23-15-9-4-10-16-23)24(17-21-11-5-2-6-12-21)25(29)26-18-22-13-7-3-8-14-22/h2-16,24H,17-19H2,1H3,(H,26,29)/t24-/m1/s1. The highest BCUT2D eigenvalue weighted by Crippen LogP contribution is 2.15. The SMILES string of the molecule is CC(=O)N(Cc1ccccc1)[C@H](Cc1ccccc1)C(=O)NCc1ccccc1. The Morgan fingerprint density at radius 3 is 1.76 bits per heavy atom. The molecule has 2 amide bonds. The van der Waals surface area contributed by atoms with Crippen molar-refractivity contribution in [2.24, 2.45) is 0 Å². The summed E-state index contributed by atoms with van der Waals surface area (Å²) in [6, 6.07) is 28.8. The molecule has 0 unspecified atom stereocenters. The summed E-state index contributed by atoms with van der Waals surface area (Å²) in [5.74, 6) is -0.270. The van der Waals surface area contributed by atoms with Crippen molar-refractivity contribution in [2.75, 3.05) is 0 Å². The fourth-order valence-electron chi connectivity index (χ4n) is 3.31. The van der Waals surface area contributed by atoms with E-state index in [9.17, 15) is 9.59 Å². The molecule has 0 spiro atoms. The van der Waals surface area contributed by atoms with E-state index >= 15 is 0 Å². The summed E-state index contributed by atoms with van der Waals surface area (Å²) < 4.78 is 0. The summed E-state index contributed by atoms with van der Waals surface area (Å²) in [4.78, 5) is 27.3. The number of benzene rings is 3. The maximum atomic E-state index is 13.2. The summed E-state index contributed by atoms with van der Waals surface area (Å²) in [5, 5.41) is 3.01. The molecular formula is C25H26N2O2. The van der Waals surface area contributed by atoms with Crippen LogP contribution in [0.25, 0.3) is 0 Å². The first kappa shape index (κ1) is 20.3. The Bertz CT molecular complexity index is 911. The topological polar surface area (TPSA) is 49.4 Å². The zero-order valence-electron chi connectivity index (χ0n) is 16.6. The molecule has 0 heterocycles. The van der Waals surface area contributed by atoms with Gasteiger partial charge in [-0.1, -0.05) is 91.0 Å². The third-order valence-corrected chi connectivity index (χ3v) is 4.86. The van der Waals surface area contributed by atoms with Crippen LogP contribution in [-0.4, -0.2) is 22.8 Å². The van der Waals surface area contributed by atoms with Gasteiger partial charge in [0.2, 0.25) is 11.8 Å². The van der Waals surface area contributed by atoms with Gasteiger partial charge in [-0.3, -0.25) is 9.59 Å². The normalized spacial score (nSPS) is 11.5. The first-order valence-electron chi connectivity index (χ1n) is 9.80. The van der Waals surface area contributed by atoms with Crippen LogP contribution in [0.2, 0.25) is 0 Å². The Morgan fingerprint density at radius 2 is 1.24 bits per heavy atom. The van der Waals surface area contributed by atoms with Crippen molar-refractivity contribution in [2.45, 2.75) is 32.5 Å². The van der Waals surface area contributed by atoms with Crippen LogP contribution in [0.3, 0.4) is 0 Å². The number of rotatable bonds is 8. The van der Waals surface area contributed by atoms with Crippen LogP contribution in [0.1, 0.15) is 23.6 Å². The lowest BCUT2D eigenvalue weighted by molar-refractivity contribution is -0.139. The first-order valence-corrected chi connectivity index (χ1v) is 9.80. The average Bonchev–Trinajstić information content (AvgIpc) is 2.76. The highest BCUT2D eigenvalue weighted by atomic mass is 16.2. The van der Waals surface area contributed by atoms with Crippen LogP contribution in [-0.2, 0) is 29.1 Å². The molecular weight excluding hydrogens is 360 g/mol. The molecule has 1 atom stereocenters. The van der Waals surface area contributed by atoms with Crippen molar-refractivity contribution < 1.29 is 9.59 Å². The van der Waals surface area contributed by atoms with Gasteiger partial charge in [-0.15, -0.1) is 0 Å². The summed E-state index contributed by atoms with van der Waals surface area (Å²) >= 11 is 0. The largest absolute Gasteiger partial charge is 0.350 e. The van der Waals surface area contributed by atoms with Gasteiger partial charge >= 0.3 is 0 Å². The summed E-state index contributed by atoms with van der Waals surface area (Å²) in [6.45, 7) is 2.35. The lowest BCUT2D eigenvalue weighted by Crippen LogP contribution is -2.49. The van der Waals surface area contributed by atoms with Gasteiger partial charge in [0, 0.05) is 26.4 Å². The fourth-order valence-corrected chi connectivity index (χ4v) is 3.31. The van der Waals surface area contributed by atoms with Gasteiger partial charge in [0.25, 0.3) is 0 Å². The smallest absolute Gasteiger partial charge is 0.243 e. The average molecular weight is 386 g/mol. The zero-order chi connectivity index (χ0) is 20.5. The lowest BCUT2D eigenvalue weighted by Gasteiger charge is -2.30. The van der Waals surface area contributed by atoms with Crippen LogP contribution in [0.15, 0.2) is 91.0 Å². The Hall–Kier alpha value is -3.40. The minimum Gasteiger partial charge on any atom is -0.350 e. The highest BCUT2D eigenvalue weighted by molar-refractivity contribution is 5.87. The van der Waals surface area contributed by atoms with Crippen LogP contribution in [0.4, 0.5) is 0 Å². The molecule has 0 saturated carbocycles. The van der Waals surface area contributed by atoms with Crippen LogP contribution in [0, 0.1) is 0 Å². The molecule has 0 radical (unpaired) electrons. The van der Waals surface area contributed by atoms with Gasteiger partial charge in [0.1, 0.15) is 6.04 Å². The highest BCUT2D eigenvalue weighted by Gasteiger charge is 2.28. The molecule has 0 bridgehead atoms. The zero-order valence-corrected chi connectivity index (χ0v) is 16.6. The number of amides is 2. The third-order valence-electron chi connectivity index (χ3n) is 4.86. The molecule has 4 heteroatoms. The van der Waals surface area contributed by atoms with Crippen LogP contribution >= 0.6 is 0 Å². The van der Waals surface area contributed by atoms with E-state index in [0.29, 0.717) is 19.5 Å². The molecule has 29 heavy (non-hydrogen) atoms. The van der Waals surface area contributed by atoms with E-state index in [1.165, 1.54) is 6.92 Å². The number of carbonyl (C=O) groups excluding carboxylic acids is 2. The minimum absolute atomic E-state index is 0.121. The monoisotopic (exact) mass is 386 g/mol. The van der Waals surface area contributed by atoms with Gasteiger partial charge in [0.05, 0.1) is 0 Å². The predicted octanol–water partition coefficient (Wildman–Crippen LogP) is 3.96. The van der Waals surface area contributed by atoms with Gasteiger partial charge in [0.15, 0.2) is 0 Å². The maximum Gasteiger partial charge on any atom is 0.243 e. The van der Waals surface area contributed by atoms with Crippen molar-refractivity contribution in [3.63, 3.8) is 0 Å². The van der Waals surface area contributed by atoms with E-state index in [1.807, 2.05) is 91.0 Å². The van der Waals surface area contributed by atoms with E-state index in [4.69, 9.17) is 0 Å². The molecule has 3 aromatic rings. The molecule has 0 saturated heterocycles. The number of carbonyl (C=O) groups is 2. The van der Waals surface area contributed by atoms with Crippen LogP contribution in [0.5, 0.6) is 0 Å². The van der Waals surface area contributed by atoms with Gasteiger partial charge in [-0.2, -0.15) is 0 Å². The second kappa shape index (κ2) is 10.2. The molecule has 0 aromatic heterocycles. The Morgan fingerprint density at radius 1 is 0.759 bits per heavy atom. The second-order valence-electron chi connectivity index (χ2n) is 7.04. The van der Waals surface area contributed by atoms with Crippen molar-refractivity contribution in [3.8, 4) is 0 Å². The molecule has 3 rings (SSSR count). The van der Waals surface area contributed by atoms with E-state index in [1.54, 1.807) is 4.90 Å². The van der Waals surface area contributed by atoms with E-state index < -0.39 is 6.04 Å². The third kappa shape index (κ3) is 6.04. The lowest BCUT2D eigenvalue weighted by atomic mass is 10.0. The number of nitrogens with one attached hydrogen (secondary N) is 1. The maximum absolute atomic E-state index is 13.2. The molecule has 3 aromatic carbocycles. The Kier molecular flexibility index (Phi) is 7.17. The van der Waals surface area contributed by atoms with Crippen molar-refractivity contribution in [3.05, 3.63) is 108 Å². The minimum atomic E-state index is -0.584. The van der Waals surface area contributed by atoms with Gasteiger partial charge < -0.3 is 10.2 Å². The van der Waals surface area contributed by atoms with E-state index in [0.717, 1.165) is 16.7 Å². The molecule has 4 nitrogen and oxygen atoms in total. The van der Waals surface area contributed by atoms with Gasteiger partial charge in [-0.25, -0.2) is 0 Å². The van der Waals surface area contributed by atoms with Crippen molar-refractivity contribution in [1.82, 2.24) is 10.2 Å². The summed E-state index contributed by atoms with van der Waals surface area (Å²) in [5.41, 5.74) is 3.04. The Balaban J connectivity index is 1.81. The first-order chi connectivity index (χ1) is 14.1. The summed E-state index contributed by atoms with van der Waals surface area (Å²) in [7, 11) is 0. The second-order valence-corrected chi connectivity index (χ2v) is 7.04. The van der Waals surface area contributed by atoms with E-state index in [-0.39, 0.29) is 11.8 Å². The molecule has 0 aliphatic carbocycles. The van der Waals surface area contributed by atoms with Crippen molar-refractivity contribution in [1.29, 1.82) is 0 Å². The van der Waals surface area contributed by atoms with Crippen LogP contribution < -0.4 is 5.32 Å². The van der Waals surface area contributed by atoms with E-state index in [2.05, 4.69) is 5.32 Å². The quantitative estimate of drug-likeness (QED) is 0.637. The number of nitrogens with zero attached hydrogens (tertiary/aromatic N) is 1. The molecule has 0 aliphatic rings. The Labute approximate surface area is 172 Å². The fraction of sp³-hybridized carbons (Fsp3) is 0.200. The van der Waals surface area contributed by atoms with Gasteiger partial charge in [-0.05, 0) is 16.7 Å². The molecule has 0 fully saturated rings. The number of hydrogen-bond acceptors (Lipinski definition) is 2. The number of hydrogen-bond donors (Lipinski definition) is 1.